The minimum atomic E-state index is 0.0360. The highest BCUT2D eigenvalue weighted by atomic mass is 32.1. The van der Waals surface area contributed by atoms with E-state index in [1.807, 2.05) is 12.1 Å². The van der Waals surface area contributed by atoms with Crippen molar-refractivity contribution in [2.24, 2.45) is 5.92 Å². The third-order valence-corrected chi connectivity index (χ3v) is 4.99. The van der Waals surface area contributed by atoms with Crippen molar-refractivity contribution in [2.45, 2.75) is 32.7 Å². The Morgan fingerprint density at radius 1 is 1.45 bits per heavy atom. The highest BCUT2D eigenvalue weighted by molar-refractivity contribution is 7.14. The summed E-state index contributed by atoms with van der Waals surface area (Å²) in [6.45, 7) is 2.84. The van der Waals surface area contributed by atoms with Gasteiger partial charge in [-0.25, -0.2) is 0 Å². The largest absolute Gasteiger partial charge is 0.347 e. The van der Waals surface area contributed by atoms with E-state index in [0.29, 0.717) is 6.54 Å². The Morgan fingerprint density at radius 3 is 3.05 bits per heavy atom. The van der Waals surface area contributed by atoms with Gasteiger partial charge in [-0.1, -0.05) is 6.92 Å². The molecule has 0 unspecified atom stereocenters. The maximum atomic E-state index is 12.2. The van der Waals surface area contributed by atoms with Crippen LogP contribution in [0.3, 0.4) is 0 Å². The van der Waals surface area contributed by atoms with Crippen molar-refractivity contribution in [3.8, 4) is 0 Å². The maximum absolute atomic E-state index is 12.2. The van der Waals surface area contributed by atoms with E-state index in [9.17, 15) is 4.79 Å². The first-order valence-corrected chi connectivity index (χ1v) is 7.82. The van der Waals surface area contributed by atoms with Crippen LogP contribution in [0.4, 0.5) is 0 Å². The van der Waals surface area contributed by atoms with Crippen LogP contribution in [-0.2, 0) is 19.4 Å². The van der Waals surface area contributed by atoms with Crippen LogP contribution in [0.15, 0.2) is 30.6 Å². The molecule has 1 aliphatic carbocycles. The third kappa shape index (κ3) is 2.90. The smallest absolute Gasteiger partial charge is 0.261 e. The Morgan fingerprint density at radius 2 is 2.25 bits per heavy atom. The average Bonchev–Trinajstić information content (AvgIpc) is 2.89. The lowest BCUT2D eigenvalue weighted by Crippen LogP contribution is -2.21. The Bertz CT molecular complexity index is 606. The molecule has 1 aliphatic rings. The Balaban J connectivity index is 1.66. The number of nitrogens with zero attached hydrogens (tertiary/aromatic N) is 1. The number of aromatic nitrogens is 1. The van der Waals surface area contributed by atoms with Crippen molar-refractivity contribution in [3.05, 3.63) is 51.5 Å². The number of hydrogen-bond donors (Lipinski definition) is 1. The first kappa shape index (κ1) is 13.3. The molecule has 3 nitrogen and oxygen atoms in total. The number of pyridine rings is 1. The molecule has 0 fully saturated rings. The van der Waals surface area contributed by atoms with Crippen LogP contribution in [0.2, 0.25) is 0 Å². The Labute approximate surface area is 123 Å². The summed E-state index contributed by atoms with van der Waals surface area (Å²) >= 11 is 1.66. The van der Waals surface area contributed by atoms with Gasteiger partial charge in [-0.3, -0.25) is 9.78 Å². The van der Waals surface area contributed by atoms with Gasteiger partial charge in [0.1, 0.15) is 0 Å². The molecule has 104 valence electrons. The van der Waals surface area contributed by atoms with E-state index >= 15 is 0 Å². The van der Waals surface area contributed by atoms with E-state index in [0.717, 1.165) is 29.2 Å². The fourth-order valence-corrected chi connectivity index (χ4v) is 3.71. The van der Waals surface area contributed by atoms with Gasteiger partial charge in [-0.15, -0.1) is 11.3 Å². The standard InChI is InChI=1S/C16H18N2OS/c1-11-2-3-14-13(8-11)9-15(20-14)16(19)18-10-12-4-6-17-7-5-12/h4-7,9,11H,2-3,8,10H2,1H3,(H,18,19)/t11-/m0/s1. The van der Waals surface area contributed by atoms with Crippen molar-refractivity contribution < 1.29 is 4.79 Å². The van der Waals surface area contributed by atoms with Gasteiger partial charge in [0.05, 0.1) is 4.88 Å². The third-order valence-electron chi connectivity index (χ3n) is 3.76. The van der Waals surface area contributed by atoms with Crippen molar-refractivity contribution >= 4 is 17.2 Å². The second-order valence-electron chi connectivity index (χ2n) is 5.45. The van der Waals surface area contributed by atoms with Crippen LogP contribution in [-0.4, -0.2) is 10.9 Å². The molecule has 2 aromatic heterocycles. The molecule has 20 heavy (non-hydrogen) atoms. The van der Waals surface area contributed by atoms with Gasteiger partial charge in [-0.05, 0) is 54.5 Å². The molecule has 0 bridgehead atoms. The van der Waals surface area contributed by atoms with Gasteiger partial charge < -0.3 is 5.32 Å². The summed E-state index contributed by atoms with van der Waals surface area (Å²) in [6, 6.07) is 5.92. The average molecular weight is 286 g/mol. The van der Waals surface area contributed by atoms with Gasteiger partial charge in [0.2, 0.25) is 0 Å². The number of carbonyl (C=O) groups excluding carboxylic acids is 1. The highest BCUT2D eigenvalue weighted by Gasteiger charge is 2.20. The van der Waals surface area contributed by atoms with E-state index < -0.39 is 0 Å². The number of fused-ring (bicyclic) bond motifs is 1. The van der Waals surface area contributed by atoms with Gasteiger partial charge in [-0.2, -0.15) is 0 Å². The molecular formula is C16H18N2OS. The predicted molar refractivity (Wildman–Crippen MR) is 80.9 cm³/mol. The molecule has 0 aliphatic heterocycles. The molecule has 0 saturated carbocycles. The summed E-state index contributed by atoms with van der Waals surface area (Å²) < 4.78 is 0. The molecule has 0 spiro atoms. The molecule has 4 heteroatoms. The van der Waals surface area contributed by atoms with Crippen LogP contribution in [0.5, 0.6) is 0 Å². The summed E-state index contributed by atoms with van der Waals surface area (Å²) in [5.74, 6) is 0.777. The number of rotatable bonds is 3. The Hall–Kier alpha value is -1.68. The number of carbonyl (C=O) groups is 1. The lowest BCUT2D eigenvalue weighted by atomic mass is 9.90. The quantitative estimate of drug-likeness (QED) is 0.941. The van der Waals surface area contributed by atoms with Gasteiger partial charge in [0, 0.05) is 23.8 Å². The van der Waals surface area contributed by atoms with Crippen molar-refractivity contribution in [1.29, 1.82) is 0 Å². The molecule has 1 N–H and O–H groups in total. The van der Waals surface area contributed by atoms with Gasteiger partial charge >= 0.3 is 0 Å². The first-order valence-electron chi connectivity index (χ1n) is 7.01. The fraction of sp³-hybridized carbons (Fsp3) is 0.375. The first-order chi connectivity index (χ1) is 9.72. The van der Waals surface area contributed by atoms with Crippen molar-refractivity contribution in [3.63, 3.8) is 0 Å². The highest BCUT2D eigenvalue weighted by Crippen LogP contribution is 2.32. The van der Waals surface area contributed by atoms with Crippen LogP contribution in [0.1, 0.15) is 39.0 Å². The fourth-order valence-electron chi connectivity index (χ4n) is 2.59. The number of nitrogens with one attached hydrogen (secondary N) is 1. The molecule has 3 rings (SSSR count). The number of hydrogen-bond acceptors (Lipinski definition) is 3. The molecule has 1 amide bonds. The van der Waals surface area contributed by atoms with Crippen LogP contribution in [0.25, 0.3) is 0 Å². The molecular weight excluding hydrogens is 268 g/mol. The summed E-state index contributed by atoms with van der Waals surface area (Å²) in [5, 5.41) is 2.98. The van der Waals surface area contributed by atoms with Gasteiger partial charge in [0.15, 0.2) is 0 Å². The Kier molecular flexibility index (Phi) is 3.83. The normalized spacial score (nSPS) is 17.6. The van der Waals surface area contributed by atoms with E-state index in [-0.39, 0.29) is 5.91 Å². The van der Waals surface area contributed by atoms with Crippen LogP contribution >= 0.6 is 11.3 Å². The summed E-state index contributed by atoms with van der Waals surface area (Å²) in [6.07, 6.45) is 6.97. The monoisotopic (exact) mass is 286 g/mol. The van der Waals surface area contributed by atoms with Gasteiger partial charge in [0.25, 0.3) is 5.91 Å². The zero-order valence-corrected chi connectivity index (χ0v) is 12.4. The summed E-state index contributed by atoms with van der Waals surface area (Å²) in [7, 11) is 0. The lowest BCUT2D eigenvalue weighted by molar-refractivity contribution is 0.0955. The lowest BCUT2D eigenvalue weighted by Gasteiger charge is -2.16. The molecule has 2 aromatic rings. The summed E-state index contributed by atoms with van der Waals surface area (Å²) in [4.78, 5) is 18.4. The molecule has 2 heterocycles. The summed E-state index contributed by atoms with van der Waals surface area (Å²) in [5.41, 5.74) is 2.45. The minimum absolute atomic E-state index is 0.0360. The molecule has 0 radical (unpaired) electrons. The zero-order valence-electron chi connectivity index (χ0n) is 11.6. The molecule has 1 atom stereocenters. The van der Waals surface area contributed by atoms with Crippen LogP contribution in [0, 0.1) is 5.92 Å². The van der Waals surface area contributed by atoms with E-state index in [1.54, 1.807) is 23.7 Å². The van der Waals surface area contributed by atoms with Crippen molar-refractivity contribution in [1.82, 2.24) is 10.3 Å². The second kappa shape index (κ2) is 5.75. The van der Waals surface area contributed by atoms with Crippen molar-refractivity contribution in [2.75, 3.05) is 0 Å². The second-order valence-corrected chi connectivity index (χ2v) is 6.58. The van der Waals surface area contributed by atoms with E-state index in [2.05, 4.69) is 23.3 Å². The zero-order chi connectivity index (χ0) is 13.9. The van der Waals surface area contributed by atoms with E-state index in [1.165, 1.54) is 16.9 Å². The topological polar surface area (TPSA) is 42.0 Å². The number of thiophene rings is 1. The predicted octanol–water partition coefficient (Wildman–Crippen LogP) is 3.20. The molecule has 0 saturated heterocycles. The van der Waals surface area contributed by atoms with E-state index in [4.69, 9.17) is 0 Å². The molecule has 0 aromatic carbocycles. The van der Waals surface area contributed by atoms with Crippen LogP contribution < -0.4 is 5.32 Å². The minimum Gasteiger partial charge on any atom is -0.347 e. The SMILES string of the molecule is C[C@H]1CCc2sc(C(=O)NCc3ccncc3)cc2C1. The maximum Gasteiger partial charge on any atom is 0.261 e. The number of aryl methyl sites for hydroxylation is 1. The number of amides is 1.